The van der Waals surface area contributed by atoms with Crippen LogP contribution < -0.4 is 10.6 Å². The Hall–Kier alpha value is -1.19. The number of thiazole rings is 1. The average molecular weight is 460 g/mol. The van der Waals surface area contributed by atoms with Crippen LogP contribution in [0, 0.1) is 6.92 Å². The molecule has 0 aliphatic carbocycles. The molecule has 7 heteroatoms. The molecule has 0 spiro atoms. The number of aliphatic hydroxyl groups is 1. The van der Waals surface area contributed by atoms with Gasteiger partial charge in [-0.1, -0.05) is 30.3 Å². The van der Waals surface area contributed by atoms with Crippen LogP contribution in [0.15, 0.2) is 40.8 Å². The molecular formula is C17H25IN4OS. The van der Waals surface area contributed by atoms with Gasteiger partial charge in [0.15, 0.2) is 5.96 Å². The van der Waals surface area contributed by atoms with Crippen LogP contribution in [0.3, 0.4) is 0 Å². The van der Waals surface area contributed by atoms with Crippen molar-refractivity contribution in [2.75, 3.05) is 13.1 Å². The normalized spacial score (nSPS) is 13.8. The first-order chi connectivity index (χ1) is 11.0. The average Bonchev–Trinajstić information content (AvgIpc) is 2.96. The minimum absolute atomic E-state index is 0. The van der Waals surface area contributed by atoms with Crippen LogP contribution in [0.4, 0.5) is 0 Å². The number of aromatic nitrogens is 1. The molecule has 5 nitrogen and oxygen atoms in total. The highest BCUT2D eigenvalue weighted by atomic mass is 127. The first kappa shape index (κ1) is 20.9. The van der Waals surface area contributed by atoms with Crippen LogP contribution in [0.5, 0.6) is 0 Å². The number of rotatable bonds is 6. The lowest BCUT2D eigenvalue weighted by molar-refractivity contribution is 0.0617. The van der Waals surface area contributed by atoms with E-state index in [-0.39, 0.29) is 24.0 Å². The highest BCUT2D eigenvalue weighted by Crippen LogP contribution is 2.19. The standard InChI is InChI=1S/C17H24N4OS.HI/c1-4-18-16(19-10-15-13(2)21-12-23-15)20-11-17(3,22)14-8-6-5-7-9-14;/h5-9,12,22H,4,10-11H2,1-3H3,(H2,18,19,20);1H. The molecule has 1 atom stereocenters. The molecule has 1 unspecified atom stereocenters. The molecule has 0 radical (unpaired) electrons. The van der Waals surface area contributed by atoms with Gasteiger partial charge in [-0.15, -0.1) is 35.3 Å². The molecule has 0 fully saturated rings. The second-order valence-electron chi connectivity index (χ2n) is 5.55. The van der Waals surface area contributed by atoms with Crippen molar-refractivity contribution in [3.05, 3.63) is 52.0 Å². The van der Waals surface area contributed by atoms with E-state index in [0.717, 1.165) is 22.7 Å². The lowest BCUT2D eigenvalue weighted by atomic mass is 9.96. The Morgan fingerprint density at radius 2 is 2.00 bits per heavy atom. The Bertz CT molecular complexity index is 643. The van der Waals surface area contributed by atoms with Crippen LogP contribution in [0.2, 0.25) is 0 Å². The highest BCUT2D eigenvalue weighted by Gasteiger charge is 2.22. The van der Waals surface area contributed by atoms with Gasteiger partial charge in [-0.25, -0.2) is 9.98 Å². The van der Waals surface area contributed by atoms with Gasteiger partial charge in [-0.05, 0) is 26.3 Å². The summed E-state index contributed by atoms with van der Waals surface area (Å²) in [6.45, 7) is 7.53. The van der Waals surface area contributed by atoms with Gasteiger partial charge in [0.25, 0.3) is 0 Å². The maximum absolute atomic E-state index is 10.6. The first-order valence-electron chi connectivity index (χ1n) is 7.72. The molecule has 0 amide bonds. The van der Waals surface area contributed by atoms with E-state index in [1.54, 1.807) is 18.3 Å². The summed E-state index contributed by atoms with van der Waals surface area (Å²) in [5.41, 5.74) is 2.77. The highest BCUT2D eigenvalue weighted by molar-refractivity contribution is 14.0. The van der Waals surface area contributed by atoms with Gasteiger partial charge in [0.2, 0.25) is 0 Å². The molecule has 3 N–H and O–H groups in total. The van der Waals surface area contributed by atoms with Crippen molar-refractivity contribution in [3.63, 3.8) is 0 Å². The summed E-state index contributed by atoms with van der Waals surface area (Å²) in [6, 6.07) is 9.64. The molecule has 1 aromatic heterocycles. The van der Waals surface area contributed by atoms with Gasteiger partial charge in [-0.2, -0.15) is 0 Å². The minimum Gasteiger partial charge on any atom is -0.384 e. The molecule has 0 aliphatic heterocycles. The number of nitrogens with one attached hydrogen (secondary N) is 2. The number of aliphatic imine (C=N–C) groups is 1. The molecule has 2 aromatic rings. The Kier molecular flexibility index (Phi) is 8.65. The second-order valence-corrected chi connectivity index (χ2v) is 6.49. The Morgan fingerprint density at radius 3 is 2.58 bits per heavy atom. The summed E-state index contributed by atoms with van der Waals surface area (Å²) in [5.74, 6) is 0.691. The number of nitrogens with zero attached hydrogens (tertiary/aromatic N) is 2. The number of aryl methyl sites for hydroxylation is 1. The molecule has 0 bridgehead atoms. The minimum atomic E-state index is -0.960. The lowest BCUT2D eigenvalue weighted by Gasteiger charge is -2.25. The third kappa shape index (κ3) is 6.03. The number of guanidine groups is 1. The second kappa shape index (κ2) is 9.95. The van der Waals surface area contributed by atoms with E-state index >= 15 is 0 Å². The van der Waals surface area contributed by atoms with Crippen molar-refractivity contribution in [2.45, 2.75) is 32.9 Å². The van der Waals surface area contributed by atoms with E-state index in [1.165, 1.54) is 0 Å². The molecule has 2 rings (SSSR count). The van der Waals surface area contributed by atoms with Crippen molar-refractivity contribution < 1.29 is 5.11 Å². The molecule has 1 heterocycles. The number of hydrogen-bond acceptors (Lipinski definition) is 4. The van der Waals surface area contributed by atoms with Crippen molar-refractivity contribution in [3.8, 4) is 0 Å². The zero-order chi connectivity index (χ0) is 16.7. The van der Waals surface area contributed by atoms with Crippen molar-refractivity contribution in [1.82, 2.24) is 15.6 Å². The van der Waals surface area contributed by atoms with Gasteiger partial charge in [0.1, 0.15) is 5.60 Å². The van der Waals surface area contributed by atoms with Crippen LogP contribution in [0.1, 0.15) is 30.0 Å². The Labute approximate surface area is 164 Å². The van der Waals surface area contributed by atoms with Crippen molar-refractivity contribution in [1.29, 1.82) is 0 Å². The molecular weight excluding hydrogens is 435 g/mol. The molecule has 24 heavy (non-hydrogen) atoms. The van der Waals surface area contributed by atoms with Crippen molar-refractivity contribution >= 4 is 41.3 Å². The molecule has 0 aliphatic rings. The van der Waals surface area contributed by atoms with E-state index in [2.05, 4.69) is 20.6 Å². The zero-order valence-electron chi connectivity index (χ0n) is 14.2. The maximum Gasteiger partial charge on any atom is 0.191 e. The van der Waals surface area contributed by atoms with Gasteiger partial charge in [0.05, 0.1) is 24.3 Å². The molecule has 1 aromatic carbocycles. The SMILES string of the molecule is CCNC(=NCc1scnc1C)NCC(C)(O)c1ccccc1.I. The molecule has 132 valence electrons. The monoisotopic (exact) mass is 460 g/mol. The Morgan fingerprint density at radius 1 is 1.29 bits per heavy atom. The van der Waals surface area contributed by atoms with E-state index < -0.39 is 5.60 Å². The van der Waals surface area contributed by atoms with Gasteiger partial charge in [0, 0.05) is 11.4 Å². The predicted octanol–water partition coefficient (Wildman–Crippen LogP) is 3.03. The third-order valence-corrected chi connectivity index (χ3v) is 4.49. The molecule has 0 saturated carbocycles. The number of benzene rings is 1. The van der Waals surface area contributed by atoms with E-state index in [1.807, 2.05) is 49.7 Å². The summed E-state index contributed by atoms with van der Waals surface area (Å²) in [7, 11) is 0. The summed E-state index contributed by atoms with van der Waals surface area (Å²) in [4.78, 5) is 9.95. The topological polar surface area (TPSA) is 69.5 Å². The third-order valence-electron chi connectivity index (χ3n) is 3.57. The fraction of sp³-hybridized carbons (Fsp3) is 0.412. The largest absolute Gasteiger partial charge is 0.384 e. The van der Waals surface area contributed by atoms with Crippen molar-refractivity contribution in [2.24, 2.45) is 4.99 Å². The number of halogens is 1. The smallest absolute Gasteiger partial charge is 0.191 e. The van der Waals surface area contributed by atoms with E-state index in [0.29, 0.717) is 19.0 Å². The quantitative estimate of drug-likeness (QED) is 0.352. The fourth-order valence-corrected chi connectivity index (χ4v) is 2.83. The zero-order valence-corrected chi connectivity index (χ0v) is 17.4. The summed E-state index contributed by atoms with van der Waals surface area (Å²) in [5, 5.41) is 17.1. The van der Waals surface area contributed by atoms with Gasteiger partial charge >= 0.3 is 0 Å². The van der Waals surface area contributed by atoms with E-state index in [4.69, 9.17) is 0 Å². The summed E-state index contributed by atoms with van der Waals surface area (Å²) >= 11 is 1.61. The predicted molar refractivity (Wildman–Crippen MR) is 111 cm³/mol. The first-order valence-corrected chi connectivity index (χ1v) is 8.60. The van der Waals surface area contributed by atoms with Crippen LogP contribution in [0.25, 0.3) is 0 Å². The van der Waals surface area contributed by atoms with E-state index in [9.17, 15) is 5.11 Å². The number of hydrogen-bond donors (Lipinski definition) is 3. The van der Waals surface area contributed by atoms with Crippen LogP contribution >= 0.6 is 35.3 Å². The van der Waals surface area contributed by atoms with Gasteiger partial charge < -0.3 is 15.7 Å². The van der Waals surface area contributed by atoms with Crippen LogP contribution in [-0.4, -0.2) is 29.1 Å². The Balaban J connectivity index is 0.00000288. The lowest BCUT2D eigenvalue weighted by Crippen LogP contribution is -2.44. The maximum atomic E-state index is 10.6. The fourth-order valence-electron chi connectivity index (χ4n) is 2.13. The summed E-state index contributed by atoms with van der Waals surface area (Å²) in [6.07, 6.45) is 0. The summed E-state index contributed by atoms with van der Waals surface area (Å²) < 4.78 is 0. The van der Waals surface area contributed by atoms with Gasteiger partial charge in [-0.3, -0.25) is 0 Å². The van der Waals surface area contributed by atoms with Crippen LogP contribution in [-0.2, 0) is 12.1 Å². The molecule has 0 saturated heterocycles.